The van der Waals surface area contributed by atoms with Gasteiger partial charge in [-0.2, -0.15) is 0 Å². The van der Waals surface area contributed by atoms with Gasteiger partial charge in [-0.15, -0.1) is 0 Å². The van der Waals surface area contributed by atoms with Gasteiger partial charge in [0.2, 0.25) is 0 Å². The van der Waals surface area contributed by atoms with Gasteiger partial charge >= 0.3 is 0 Å². The van der Waals surface area contributed by atoms with Gasteiger partial charge in [0.25, 0.3) is 0 Å². The summed E-state index contributed by atoms with van der Waals surface area (Å²) in [6, 6.07) is 0.530. The number of hydrogen-bond acceptors (Lipinski definition) is 3. The van der Waals surface area contributed by atoms with Gasteiger partial charge < -0.3 is 15.2 Å². The SMILES string of the molecule is CCC(CC)(CO)CNC(C)C1CCOCC1. The third kappa shape index (κ3) is 4.23. The highest BCUT2D eigenvalue weighted by Crippen LogP contribution is 2.26. The molecule has 0 amide bonds. The zero-order valence-electron chi connectivity index (χ0n) is 11.7. The Morgan fingerprint density at radius 1 is 1.29 bits per heavy atom. The second kappa shape index (κ2) is 7.34. The van der Waals surface area contributed by atoms with Crippen LogP contribution in [0, 0.1) is 11.3 Å². The highest BCUT2D eigenvalue weighted by atomic mass is 16.5. The maximum absolute atomic E-state index is 9.54. The first-order valence-corrected chi connectivity index (χ1v) is 7.09. The summed E-state index contributed by atoms with van der Waals surface area (Å²) < 4.78 is 5.39. The Bertz CT molecular complexity index is 190. The topological polar surface area (TPSA) is 41.5 Å². The van der Waals surface area contributed by atoms with Crippen molar-refractivity contribution in [1.82, 2.24) is 5.32 Å². The van der Waals surface area contributed by atoms with Gasteiger partial charge in [0.15, 0.2) is 0 Å². The molecule has 2 N–H and O–H groups in total. The van der Waals surface area contributed by atoms with Crippen LogP contribution >= 0.6 is 0 Å². The molecule has 3 nitrogen and oxygen atoms in total. The highest BCUT2D eigenvalue weighted by molar-refractivity contribution is 4.82. The van der Waals surface area contributed by atoms with E-state index in [4.69, 9.17) is 4.74 Å². The van der Waals surface area contributed by atoms with Gasteiger partial charge in [-0.1, -0.05) is 13.8 Å². The molecule has 1 aliphatic rings. The molecule has 1 heterocycles. The number of aliphatic hydroxyl groups excluding tert-OH is 1. The predicted molar refractivity (Wildman–Crippen MR) is 71.1 cm³/mol. The minimum atomic E-state index is 0.0689. The third-order valence-electron chi connectivity index (χ3n) is 4.61. The first-order valence-electron chi connectivity index (χ1n) is 7.09. The number of rotatable bonds is 7. The maximum Gasteiger partial charge on any atom is 0.0499 e. The standard InChI is InChI=1S/C14H29NO2/c1-4-14(5-2,11-16)10-15-12(3)13-6-8-17-9-7-13/h12-13,15-16H,4-11H2,1-3H3. The Morgan fingerprint density at radius 3 is 2.35 bits per heavy atom. The molecule has 0 radical (unpaired) electrons. The first-order chi connectivity index (χ1) is 8.17. The zero-order valence-corrected chi connectivity index (χ0v) is 11.7. The quantitative estimate of drug-likeness (QED) is 0.720. The van der Waals surface area contributed by atoms with Crippen LogP contribution in [0.4, 0.5) is 0 Å². The van der Waals surface area contributed by atoms with Crippen molar-refractivity contribution in [3.8, 4) is 0 Å². The average molecular weight is 243 g/mol. The molecule has 0 aromatic carbocycles. The molecule has 0 saturated carbocycles. The van der Waals surface area contributed by atoms with Gasteiger partial charge in [0, 0.05) is 37.8 Å². The van der Waals surface area contributed by atoms with Crippen LogP contribution in [0.1, 0.15) is 46.5 Å². The number of hydrogen-bond donors (Lipinski definition) is 2. The lowest BCUT2D eigenvalue weighted by atomic mass is 9.82. The molecule has 1 atom stereocenters. The maximum atomic E-state index is 9.54. The summed E-state index contributed by atoms with van der Waals surface area (Å²) in [4.78, 5) is 0. The second-order valence-electron chi connectivity index (χ2n) is 5.48. The van der Waals surface area contributed by atoms with E-state index in [0.29, 0.717) is 6.04 Å². The summed E-state index contributed by atoms with van der Waals surface area (Å²) >= 11 is 0. The van der Waals surface area contributed by atoms with Crippen LogP contribution < -0.4 is 5.32 Å². The smallest absolute Gasteiger partial charge is 0.0499 e. The van der Waals surface area contributed by atoms with E-state index >= 15 is 0 Å². The lowest BCUT2D eigenvalue weighted by Crippen LogP contribution is -2.44. The molecule has 0 aromatic rings. The van der Waals surface area contributed by atoms with Crippen LogP contribution in [0.15, 0.2) is 0 Å². The van der Waals surface area contributed by atoms with Gasteiger partial charge in [-0.3, -0.25) is 0 Å². The number of nitrogens with one attached hydrogen (secondary N) is 1. The predicted octanol–water partition coefficient (Wildman–Crippen LogP) is 2.19. The number of ether oxygens (including phenoxy) is 1. The molecule has 0 spiro atoms. The summed E-state index contributed by atoms with van der Waals surface area (Å²) in [5, 5.41) is 13.2. The lowest BCUT2D eigenvalue weighted by molar-refractivity contribution is 0.0505. The van der Waals surface area contributed by atoms with E-state index in [-0.39, 0.29) is 12.0 Å². The van der Waals surface area contributed by atoms with E-state index in [9.17, 15) is 5.11 Å². The third-order valence-corrected chi connectivity index (χ3v) is 4.61. The molecule has 3 heteroatoms. The Hall–Kier alpha value is -0.120. The largest absolute Gasteiger partial charge is 0.396 e. The van der Waals surface area contributed by atoms with E-state index in [0.717, 1.165) is 38.5 Å². The van der Waals surface area contributed by atoms with Crippen LogP contribution in [0.3, 0.4) is 0 Å². The Kier molecular flexibility index (Phi) is 6.45. The van der Waals surface area contributed by atoms with Crippen molar-refractivity contribution >= 4 is 0 Å². The van der Waals surface area contributed by atoms with Gasteiger partial charge in [0.1, 0.15) is 0 Å². The Balaban J connectivity index is 2.37. The number of aliphatic hydroxyl groups is 1. The molecular weight excluding hydrogens is 214 g/mol. The van der Waals surface area contributed by atoms with Crippen molar-refractivity contribution in [3.05, 3.63) is 0 Å². The fourth-order valence-corrected chi connectivity index (χ4v) is 2.54. The zero-order chi connectivity index (χ0) is 12.7. The van der Waals surface area contributed by atoms with Gasteiger partial charge in [-0.25, -0.2) is 0 Å². The molecule has 0 aliphatic carbocycles. The highest BCUT2D eigenvalue weighted by Gasteiger charge is 2.27. The summed E-state index contributed by atoms with van der Waals surface area (Å²) in [6.45, 7) is 9.62. The lowest BCUT2D eigenvalue weighted by Gasteiger charge is -2.34. The molecular formula is C14H29NO2. The Labute approximate surface area is 106 Å². The van der Waals surface area contributed by atoms with Crippen LogP contribution in [0.5, 0.6) is 0 Å². The molecule has 17 heavy (non-hydrogen) atoms. The van der Waals surface area contributed by atoms with Crippen LogP contribution in [0.2, 0.25) is 0 Å². The summed E-state index contributed by atoms with van der Waals surface area (Å²) in [5.41, 5.74) is 0.0689. The van der Waals surface area contributed by atoms with E-state index in [2.05, 4.69) is 26.1 Å². The second-order valence-corrected chi connectivity index (χ2v) is 5.48. The molecule has 0 aromatic heterocycles. The molecule has 1 saturated heterocycles. The van der Waals surface area contributed by atoms with Gasteiger partial charge in [-0.05, 0) is 38.5 Å². The van der Waals surface area contributed by atoms with Crippen molar-refractivity contribution in [2.75, 3.05) is 26.4 Å². The fraction of sp³-hybridized carbons (Fsp3) is 1.00. The average Bonchev–Trinajstić information content (AvgIpc) is 2.41. The van der Waals surface area contributed by atoms with Crippen molar-refractivity contribution in [2.45, 2.75) is 52.5 Å². The van der Waals surface area contributed by atoms with E-state index < -0.39 is 0 Å². The summed E-state index contributed by atoms with van der Waals surface area (Å²) in [6.07, 6.45) is 4.40. The first kappa shape index (κ1) is 14.9. The van der Waals surface area contributed by atoms with Crippen molar-refractivity contribution in [2.24, 2.45) is 11.3 Å². The van der Waals surface area contributed by atoms with E-state index in [1.54, 1.807) is 0 Å². The van der Waals surface area contributed by atoms with Crippen LogP contribution in [0.25, 0.3) is 0 Å². The van der Waals surface area contributed by atoms with E-state index in [1.165, 1.54) is 12.8 Å². The van der Waals surface area contributed by atoms with E-state index in [1.807, 2.05) is 0 Å². The fourth-order valence-electron chi connectivity index (χ4n) is 2.54. The van der Waals surface area contributed by atoms with Crippen molar-refractivity contribution < 1.29 is 9.84 Å². The molecule has 1 fully saturated rings. The monoisotopic (exact) mass is 243 g/mol. The normalized spacial score (nSPS) is 20.5. The summed E-state index contributed by atoms with van der Waals surface area (Å²) in [5.74, 6) is 0.730. The van der Waals surface area contributed by atoms with Crippen LogP contribution in [-0.4, -0.2) is 37.5 Å². The molecule has 1 rings (SSSR count). The molecule has 0 bridgehead atoms. The summed E-state index contributed by atoms with van der Waals surface area (Å²) in [7, 11) is 0. The molecule has 1 aliphatic heterocycles. The van der Waals surface area contributed by atoms with Crippen LogP contribution in [-0.2, 0) is 4.74 Å². The minimum Gasteiger partial charge on any atom is -0.396 e. The molecule has 102 valence electrons. The Morgan fingerprint density at radius 2 is 1.88 bits per heavy atom. The van der Waals surface area contributed by atoms with Crippen molar-refractivity contribution in [1.29, 1.82) is 0 Å². The van der Waals surface area contributed by atoms with Gasteiger partial charge in [0.05, 0.1) is 0 Å². The molecule has 1 unspecified atom stereocenters. The van der Waals surface area contributed by atoms with Crippen molar-refractivity contribution in [3.63, 3.8) is 0 Å². The minimum absolute atomic E-state index is 0.0689.